The number of aromatic nitrogens is 3. The number of nitrogens with two attached hydrogens (primary N) is 1. The van der Waals surface area contributed by atoms with Crippen LogP contribution in [0.1, 0.15) is 34.3 Å². The third-order valence-corrected chi connectivity index (χ3v) is 6.79. The van der Waals surface area contributed by atoms with Crippen molar-refractivity contribution in [2.75, 3.05) is 7.11 Å². The third-order valence-electron chi connectivity index (χ3n) is 5.62. The van der Waals surface area contributed by atoms with Crippen molar-refractivity contribution in [3.63, 3.8) is 0 Å². The van der Waals surface area contributed by atoms with E-state index in [9.17, 15) is 23.1 Å². The van der Waals surface area contributed by atoms with Gasteiger partial charge in [0.1, 0.15) is 16.3 Å². The Morgan fingerprint density at radius 2 is 2.00 bits per heavy atom. The van der Waals surface area contributed by atoms with Crippen molar-refractivity contribution < 1.29 is 27.8 Å². The SMILES string of the molecule is CCC(O)(c1cn(Cc2ccc3c(-c4cccc(OC)c4)c(C(N)=O)sc3c2)nn1)C(F)(F)F. The Morgan fingerprint density at radius 3 is 2.65 bits per heavy atom. The van der Waals surface area contributed by atoms with E-state index in [2.05, 4.69) is 10.3 Å². The smallest absolute Gasteiger partial charge is 0.423 e. The van der Waals surface area contributed by atoms with Gasteiger partial charge in [-0.3, -0.25) is 4.79 Å². The zero-order valence-corrected chi connectivity index (χ0v) is 19.1. The van der Waals surface area contributed by atoms with Crippen LogP contribution < -0.4 is 10.5 Å². The van der Waals surface area contributed by atoms with Gasteiger partial charge in [0.05, 0.1) is 19.9 Å². The number of carbonyl (C=O) groups is 1. The zero-order valence-electron chi connectivity index (χ0n) is 18.3. The average Bonchev–Trinajstić information content (AvgIpc) is 3.42. The van der Waals surface area contributed by atoms with Crippen LogP contribution >= 0.6 is 11.3 Å². The van der Waals surface area contributed by atoms with Gasteiger partial charge in [0, 0.05) is 15.6 Å². The lowest BCUT2D eigenvalue weighted by molar-refractivity contribution is -0.269. The number of methoxy groups -OCH3 is 1. The van der Waals surface area contributed by atoms with Gasteiger partial charge in [-0.15, -0.1) is 16.4 Å². The number of hydrogen-bond donors (Lipinski definition) is 2. The Hall–Kier alpha value is -3.44. The molecule has 4 aromatic rings. The maximum absolute atomic E-state index is 13.3. The number of fused-ring (bicyclic) bond motifs is 1. The normalized spacial score (nSPS) is 13.7. The van der Waals surface area contributed by atoms with Crippen molar-refractivity contribution in [2.45, 2.75) is 31.7 Å². The maximum Gasteiger partial charge on any atom is 0.423 e. The molecule has 0 spiro atoms. The fraction of sp³-hybridized carbons (Fsp3) is 0.261. The highest BCUT2D eigenvalue weighted by Crippen LogP contribution is 2.41. The summed E-state index contributed by atoms with van der Waals surface area (Å²) in [5.41, 5.74) is 4.22. The minimum absolute atomic E-state index is 0.124. The lowest BCUT2D eigenvalue weighted by atomic mass is 9.96. The number of benzene rings is 2. The summed E-state index contributed by atoms with van der Waals surface area (Å²) in [6.45, 7) is 1.35. The topological polar surface area (TPSA) is 103 Å². The van der Waals surface area contributed by atoms with Gasteiger partial charge in [-0.2, -0.15) is 13.2 Å². The molecule has 1 amide bonds. The number of alkyl halides is 3. The molecule has 178 valence electrons. The fourth-order valence-electron chi connectivity index (χ4n) is 3.76. The molecule has 1 unspecified atom stereocenters. The second-order valence-corrected chi connectivity index (χ2v) is 8.80. The molecule has 34 heavy (non-hydrogen) atoms. The number of ether oxygens (including phenoxy) is 1. The Morgan fingerprint density at radius 1 is 1.24 bits per heavy atom. The van der Waals surface area contributed by atoms with Crippen LogP contribution in [0.15, 0.2) is 48.7 Å². The molecule has 0 radical (unpaired) electrons. The van der Waals surface area contributed by atoms with Crippen LogP contribution in [0.4, 0.5) is 13.2 Å². The molecule has 0 aliphatic rings. The molecule has 0 aliphatic carbocycles. The molecule has 11 heteroatoms. The number of carbonyl (C=O) groups excluding carboxylic acids is 1. The van der Waals surface area contributed by atoms with Crippen LogP contribution in [0.2, 0.25) is 0 Å². The lowest BCUT2D eigenvalue weighted by Gasteiger charge is -2.26. The highest BCUT2D eigenvalue weighted by atomic mass is 32.1. The number of halogens is 3. The molecule has 0 saturated carbocycles. The minimum Gasteiger partial charge on any atom is -0.497 e. The van der Waals surface area contributed by atoms with Gasteiger partial charge in [0.2, 0.25) is 5.60 Å². The number of nitrogens with zero attached hydrogens (tertiary/aromatic N) is 3. The second-order valence-electron chi connectivity index (χ2n) is 7.75. The Bertz CT molecular complexity index is 1370. The first-order chi connectivity index (χ1) is 16.1. The van der Waals surface area contributed by atoms with Gasteiger partial charge in [0.25, 0.3) is 5.91 Å². The summed E-state index contributed by atoms with van der Waals surface area (Å²) in [7, 11) is 1.55. The Labute approximate surface area is 196 Å². The van der Waals surface area contributed by atoms with Crippen LogP contribution in [0.5, 0.6) is 5.75 Å². The molecule has 2 heterocycles. The van der Waals surface area contributed by atoms with Crippen LogP contribution in [-0.4, -0.2) is 39.3 Å². The fourth-order valence-corrected chi connectivity index (χ4v) is 4.90. The largest absolute Gasteiger partial charge is 0.497 e. The van der Waals surface area contributed by atoms with E-state index < -0.39 is 29.8 Å². The number of hydrogen-bond acceptors (Lipinski definition) is 6. The molecule has 7 nitrogen and oxygen atoms in total. The maximum atomic E-state index is 13.3. The van der Waals surface area contributed by atoms with E-state index in [0.717, 1.165) is 27.4 Å². The molecule has 0 aliphatic heterocycles. The predicted octanol–water partition coefficient (Wildman–Crippen LogP) is 4.48. The molecule has 0 fully saturated rings. The number of aliphatic hydroxyl groups is 1. The van der Waals surface area contributed by atoms with Crippen molar-refractivity contribution in [2.24, 2.45) is 5.73 Å². The van der Waals surface area contributed by atoms with E-state index in [-0.39, 0.29) is 6.54 Å². The monoisotopic (exact) mass is 490 g/mol. The summed E-state index contributed by atoms with van der Waals surface area (Å²) in [5, 5.41) is 18.2. The summed E-state index contributed by atoms with van der Waals surface area (Å²) in [6.07, 6.45) is -4.37. The van der Waals surface area contributed by atoms with Crippen molar-refractivity contribution in [3.05, 3.63) is 64.8 Å². The van der Waals surface area contributed by atoms with Crippen LogP contribution in [0.3, 0.4) is 0 Å². The molecule has 4 rings (SSSR count). The number of rotatable bonds is 7. The third kappa shape index (κ3) is 4.12. The number of thiophene rings is 1. The van der Waals surface area contributed by atoms with Crippen LogP contribution in [0.25, 0.3) is 21.2 Å². The summed E-state index contributed by atoms with van der Waals surface area (Å²) < 4.78 is 47.3. The quantitative estimate of drug-likeness (QED) is 0.398. The summed E-state index contributed by atoms with van der Waals surface area (Å²) in [4.78, 5) is 12.6. The van der Waals surface area contributed by atoms with Gasteiger partial charge < -0.3 is 15.6 Å². The van der Waals surface area contributed by atoms with Gasteiger partial charge in [-0.1, -0.05) is 36.4 Å². The first-order valence-corrected chi connectivity index (χ1v) is 11.1. The summed E-state index contributed by atoms with van der Waals surface area (Å²) in [6, 6.07) is 12.7. The van der Waals surface area contributed by atoms with E-state index in [1.54, 1.807) is 19.2 Å². The van der Waals surface area contributed by atoms with Crippen molar-refractivity contribution in [1.82, 2.24) is 15.0 Å². The Kier molecular flexibility index (Phi) is 6.09. The standard InChI is InChI=1S/C23H21F3N4O3S/c1-3-22(32,23(24,25)26)18-12-30(29-28-18)11-13-7-8-16-17(9-13)34-20(21(27)31)19(16)14-5-4-6-15(10-14)33-2/h4-10,12,32H,3,11H2,1-2H3,(H2,27,31). The van der Waals surface area contributed by atoms with Crippen molar-refractivity contribution >= 4 is 27.3 Å². The van der Waals surface area contributed by atoms with Gasteiger partial charge in [-0.25, -0.2) is 4.68 Å². The molecule has 3 N–H and O–H groups in total. The molecule has 0 bridgehead atoms. The van der Waals surface area contributed by atoms with Crippen LogP contribution in [0, 0.1) is 0 Å². The second kappa shape index (κ2) is 8.73. The zero-order chi connectivity index (χ0) is 24.7. The molecule has 0 saturated heterocycles. The van der Waals surface area contributed by atoms with Gasteiger partial charge in [-0.05, 0) is 35.7 Å². The van der Waals surface area contributed by atoms with Crippen LogP contribution in [-0.2, 0) is 12.1 Å². The molecule has 1 atom stereocenters. The number of primary amides is 1. The lowest BCUT2D eigenvalue weighted by Crippen LogP contribution is -2.42. The molecular formula is C23H21F3N4O3S. The highest BCUT2D eigenvalue weighted by molar-refractivity contribution is 7.21. The molecular weight excluding hydrogens is 469 g/mol. The van der Waals surface area contributed by atoms with E-state index in [0.29, 0.717) is 16.2 Å². The Balaban J connectivity index is 1.71. The van der Waals surface area contributed by atoms with E-state index in [1.807, 2.05) is 30.3 Å². The highest BCUT2D eigenvalue weighted by Gasteiger charge is 2.55. The van der Waals surface area contributed by atoms with Gasteiger partial charge in [0.15, 0.2) is 0 Å². The van der Waals surface area contributed by atoms with E-state index in [4.69, 9.17) is 10.5 Å². The summed E-state index contributed by atoms with van der Waals surface area (Å²) >= 11 is 1.23. The summed E-state index contributed by atoms with van der Waals surface area (Å²) in [5.74, 6) is 0.0734. The van der Waals surface area contributed by atoms with Gasteiger partial charge >= 0.3 is 6.18 Å². The first kappa shape index (κ1) is 23.7. The predicted molar refractivity (Wildman–Crippen MR) is 122 cm³/mol. The average molecular weight is 491 g/mol. The van der Waals surface area contributed by atoms with Crippen molar-refractivity contribution in [3.8, 4) is 16.9 Å². The molecule has 2 aromatic carbocycles. The first-order valence-electron chi connectivity index (χ1n) is 10.3. The van der Waals surface area contributed by atoms with E-state index >= 15 is 0 Å². The van der Waals surface area contributed by atoms with Crippen molar-refractivity contribution in [1.29, 1.82) is 0 Å². The number of amides is 1. The molecule has 2 aromatic heterocycles. The minimum atomic E-state index is -4.87. The van der Waals surface area contributed by atoms with E-state index in [1.165, 1.54) is 22.9 Å².